The lowest BCUT2D eigenvalue weighted by molar-refractivity contribution is -0.131. The molecule has 8 heteroatoms. The largest absolute Gasteiger partial charge is 0.338 e. The number of rotatable bonds is 4. The lowest BCUT2D eigenvalue weighted by atomic mass is 10.1. The molecule has 1 amide bonds. The zero-order valence-corrected chi connectivity index (χ0v) is 17.2. The van der Waals surface area contributed by atoms with Crippen LogP contribution in [0.25, 0.3) is 5.69 Å². The maximum absolute atomic E-state index is 12.7. The summed E-state index contributed by atoms with van der Waals surface area (Å²) in [5.41, 5.74) is 9.36. The number of aromatic nitrogens is 2. The Labute approximate surface area is 169 Å². The van der Waals surface area contributed by atoms with Crippen molar-refractivity contribution >= 4 is 41.5 Å². The lowest BCUT2D eigenvalue weighted by Gasteiger charge is -2.23. The number of carbonyl (C=O) groups excluding carboxylic acids is 1. The van der Waals surface area contributed by atoms with E-state index in [0.29, 0.717) is 23.0 Å². The lowest BCUT2D eigenvalue weighted by Crippen LogP contribution is -2.40. The Morgan fingerprint density at radius 3 is 2.69 bits per heavy atom. The molecule has 1 fully saturated rings. The van der Waals surface area contributed by atoms with Gasteiger partial charge in [-0.15, -0.1) is 12.4 Å². The Morgan fingerprint density at radius 2 is 2.04 bits per heavy atom. The Bertz CT molecular complexity index is 806. The molecule has 0 aliphatic carbocycles. The predicted octanol–water partition coefficient (Wildman–Crippen LogP) is 3.71. The number of hydrogen-bond donors (Lipinski definition) is 1. The molecule has 2 heterocycles. The number of carbonyl (C=O) groups is 1. The Balaban J connectivity index is 0.00000243. The maximum atomic E-state index is 12.7. The standard InChI is InChI=1S/C18H22Cl2N4O.ClH/c1-11-15(9-18(25)23-7-3-4-14(23)10-21)12(2)24(22-11)13-5-6-16(19)17(20)8-13;/h5-6,8,14H,3-4,7,9-10,21H2,1-2H3;1H. The quantitative estimate of drug-likeness (QED) is 0.825. The van der Waals surface area contributed by atoms with Gasteiger partial charge in [0.25, 0.3) is 0 Å². The molecule has 3 rings (SSSR count). The average Bonchev–Trinajstić information content (AvgIpc) is 3.17. The molecular formula is C18H23Cl3N4O. The van der Waals surface area contributed by atoms with Crippen LogP contribution >= 0.6 is 35.6 Å². The van der Waals surface area contributed by atoms with Gasteiger partial charge in [0.2, 0.25) is 5.91 Å². The van der Waals surface area contributed by atoms with E-state index in [4.69, 9.17) is 28.9 Å². The molecule has 142 valence electrons. The van der Waals surface area contributed by atoms with E-state index in [2.05, 4.69) is 5.10 Å². The SMILES string of the molecule is Cc1nn(-c2ccc(Cl)c(Cl)c2)c(C)c1CC(=O)N1CCCC1CN.Cl. The van der Waals surface area contributed by atoms with E-state index < -0.39 is 0 Å². The minimum absolute atomic E-state index is 0. The summed E-state index contributed by atoms with van der Waals surface area (Å²) in [5, 5.41) is 5.57. The highest BCUT2D eigenvalue weighted by molar-refractivity contribution is 6.42. The van der Waals surface area contributed by atoms with Crippen LogP contribution in [-0.2, 0) is 11.2 Å². The van der Waals surface area contributed by atoms with Crippen molar-refractivity contribution in [3.63, 3.8) is 0 Å². The molecule has 0 saturated carbocycles. The normalized spacial score (nSPS) is 16.7. The number of aryl methyl sites for hydroxylation is 1. The second kappa shape index (κ2) is 8.61. The van der Waals surface area contributed by atoms with E-state index in [-0.39, 0.29) is 24.4 Å². The van der Waals surface area contributed by atoms with E-state index >= 15 is 0 Å². The van der Waals surface area contributed by atoms with E-state index in [1.165, 1.54) is 0 Å². The van der Waals surface area contributed by atoms with Crippen LogP contribution < -0.4 is 5.73 Å². The number of likely N-dealkylation sites (tertiary alicyclic amines) is 1. The summed E-state index contributed by atoms with van der Waals surface area (Å²) in [6.07, 6.45) is 2.35. The average molecular weight is 418 g/mol. The first-order valence-corrected chi connectivity index (χ1v) is 9.18. The maximum Gasteiger partial charge on any atom is 0.227 e. The Hall–Kier alpha value is -1.27. The number of amides is 1. The Kier molecular flexibility index (Phi) is 6.97. The van der Waals surface area contributed by atoms with E-state index in [0.717, 1.165) is 42.0 Å². The summed E-state index contributed by atoms with van der Waals surface area (Å²) in [6.45, 7) is 5.20. The molecule has 1 atom stereocenters. The zero-order chi connectivity index (χ0) is 18.1. The highest BCUT2D eigenvalue weighted by Crippen LogP contribution is 2.27. The van der Waals surface area contributed by atoms with Crippen molar-refractivity contribution in [3.05, 3.63) is 45.2 Å². The number of nitrogens with zero attached hydrogens (tertiary/aromatic N) is 3. The number of hydrogen-bond acceptors (Lipinski definition) is 3. The van der Waals surface area contributed by atoms with Gasteiger partial charge in [0, 0.05) is 30.4 Å². The number of benzene rings is 1. The van der Waals surface area contributed by atoms with Crippen LogP contribution in [0.1, 0.15) is 29.8 Å². The van der Waals surface area contributed by atoms with Crippen LogP contribution in [0.3, 0.4) is 0 Å². The summed E-state index contributed by atoms with van der Waals surface area (Å²) in [7, 11) is 0. The molecule has 0 bridgehead atoms. The van der Waals surface area contributed by atoms with E-state index in [1.54, 1.807) is 12.1 Å². The third-order valence-corrected chi connectivity index (χ3v) is 5.63. The third-order valence-electron chi connectivity index (χ3n) is 4.89. The van der Waals surface area contributed by atoms with Crippen LogP contribution in [0.5, 0.6) is 0 Å². The second-order valence-electron chi connectivity index (χ2n) is 6.46. The topological polar surface area (TPSA) is 64.2 Å². The first kappa shape index (κ1) is 21.0. The molecule has 1 aliphatic rings. The van der Waals surface area contributed by atoms with Crippen molar-refractivity contribution < 1.29 is 4.79 Å². The van der Waals surface area contributed by atoms with Crippen LogP contribution in [0.2, 0.25) is 10.0 Å². The highest BCUT2D eigenvalue weighted by atomic mass is 35.5. The van der Waals surface area contributed by atoms with E-state index in [9.17, 15) is 4.79 Å². The molecule has 0 spiro atoms. The zero-order valence-electron chi connectivity index (χ0n) is 14.8. The van der Waals surface area contributed by atoms with Crippen molar-refractivity contribution in [1.82, 2.24) is 14.7 Å². The van der Waals surface area contributed by atoms with Crippen LogP contribution in [-0.4, -0.2) is 39.7 Å². The van der Waals surface area contributed by atoms with Gasteiger partial charge in [-0.05, 0) is 44.9 Å². The van der Waals surface area contributed by atoms with Crippen LogP contribution in [0.15, 0.2) is 18.2 Å². The van der Waals surface area contributed by atoms with Gasteiger partial charge in [-0.2, -0.15) is 5.10 Å². The number of halogens is 3. The predicted molar refractivity (Wildman–Crippen MR) is 108 cm³/mol. The molecule has 1 aromatic carbocycles. The molecule has 5 nitrogen and oxygen atoms in total. The summed E-state index contributed by atoms with van der Waals surface area (Å²) in [4.78, 5) is 14.6. The van der Waals surface area contributed by atoms with E-state index in [1.807, 2.05) is 29.5 Å². The molecule has 0 radical (unpaired) electrons. The molecule has 1 saturated heterocycles. The molecule has 2 N–H and O–H groups in total. The van der Waals surface area contributed by atoms with Gasteiger partial charge >= 0.3 is 0 Å². The molecule has 2 aromatic rings. The highest BCUT2D eigenvalue weighted by Gasteiger charge is 2.28. The monoisotopic (exact) mass is 416 g/mol. The van der Waals surface area contributed by atoms with Crippen molar-refractivity contribution in [2.75, 3.05) is 13.1 Å². The first-order chi connectivity index (χ1) is 11.9. The van der Waals surface area contributed by atoms with Gasteiger partial charge in [0.15, 0.2) is 0 Å². The molecule has 1 aromatic heterocycles. The molecule has 1 aliphatic heterocycles. The van der Waals surface area contributed by atoms with Gasteiger partial charge in [-0.25, -0.2) is 4.68 Å². The van der Waals surface area contributed by atoms with Crippen LogP contribution in [0, 0.1) is 13.8 Å². The first-order valence-electron chi connectivity index (χ1n) is 8.42. The van der Waals surface area contributed by atoms with Crippen molar-refractivity contribution in [3.8, 4) is 5.69 Å². The van der Waals surface area contributed by atoms with Crippen LogP contribution in [0.4, 0.5) is 0 Å². The fourth-order valence-electron chi connectivity index (χ4n) is 3.46. The fourth-order valence-corrected chi connectivity index (χ4v) is 3.75. The third kappa shape index (κ3) is 4.01. The van der Waals surface area contributed by atoms with Crippen molar-refractivity contribution in [1.29, 1.82) is 0 Å². The minimum Gasteiger partial charge on any atom is -0.338 e. The summed E-state index contributed by atoms with van der Waals surface area (Å²) >= 11 is 12.1. The molecule has 1 unspecified atom stereocenters. The molecule has 26 heavy (non-hydrogen) atoms. The smallest absolute Gasteiger partial charge is 0.227 e. The van der Waals surface area contributed by atoms with Gasteiger partial charge in [-0.3, -0.25) is 4.79 Å². The molecular weight excluding hydrogens is 395 g/mol. The minimum atomic E-state index is 0. The fraction of sp³-hybridized carbons (Fsp3) is 0.444. The Morgan fingerprint density at radius 1 is 1.31 bits per heavy atom. The summed E-state index contributed by atoms with van der Waals surface area (Å²) in [6, 6.07) is 5.55. The van der Waals surface area contributed by atoms with Crippen molar-refractivity contribution in [2.24, 2.45) is 5.73 Å². The number of nitrogens with two attached hydrogens (primary N) is 1. The second-order valence-corrected chi connectivity index (χ2v) is 7.27. The summed E-state index contributed by atoms with van der Waals surface area (Å²) in [5.74, 6) is 0.118. The van der Waals surface area contributed by atoms with Crippen molar-refractivity contribution in [2.45, 2.75) is 39.2 Å². The van der Waals surface area contributed by atoms with Gasteiger partial charge < -0.3 is 10.6 Å². The van der Waals surface area contributed by atoms with Gasteiger partial charge in [0.1, 0.15) is 0 Å². The van der Waals surface area contributed by atoms with Gasteiger partial charge in [-0.1, -0.05) is 23.2 Å². The summed E-state index contributed by atoms with van der Waals surface area (Å²) < 4.78 is 1.81. The van der Waals surface area contributed by atoms with Gasteiger partial charge in [0.05, 0.1) is 27.8 Å².